The predicted molar refractivity (Wildman–Crippen MR) is 93.7 cm³/mol. The molecular weight excluding hydrogens is 286 g/mol. The summed E-state index contributed by atoms with van der Waals surface area (Å²) in [7, 11) is 1.67. The Bertz CT molecular complexity index is 623. The lowest BCUT2D eigenvalue weighted by molar-refractivity contribution is -0.124. The largest absolute Gasteiger partial charge is 0.497 e. The molecule has 23 heavy (non-hydrogen) atoms. The molecule has 1 atom stereocenters. The highest BCUT2D eigenvalue weighted by molar-refractivity contribution is 5.77. The average Bonchev–Trinajstić information content (AvgIpc) is 2.59. The van der Waals surface area contributed by atoms with Crippen molar-refractivity contribution in [2.24, 2.45) is 5.92 Å². The van der Waals surface area contributed by atoms with E-state index < -0.39 is 0 Å². The number of ether oxygens (including phenoxy) is 1. The third-order valence-electron chi connectivity index (χ3n) is 3.94. The molecule has 0 aromatic heterocycles. The minimum atomic E-state index is -0.00214. The molecule has 0 unspecified atom stereocenters. The Hall–Kier alpha value is -2.29. The van der Waals surface area contributed by atoms with Crippen LogP contribution in [0, 0.1) is 5.92 Å². The Morgan fingerprint density at radius 2 is 1.83 bits per heavy atom. The van der Waals surface area contributed by atoms with Crippen molar-refractivity contribution in [3.63, 3.8) is 0 Å². The van der Waals surface area contributed by atoms with Gasteiger partial charge in [0.1, 0.15) is 5.75 Å². The smallest absolute Gasteiger partial charge is 0.222 e. The van der Waals surface area contributed by atoms with Crippen LogP contribution in [0.4, 0.5) is 0 Å². The molecule has 0 aliphatic rings. The fraction of sp³-hybridized carbons (Fsp3) is 0.350. The minimum Gasteiger partial charge on any atom is -0.497 e. The fourth-order valence-electron chi connectivity index (χ4n) is 2.53. The summed E-state index contributed by atoms with van der Waals surface area (Å²) in [6.07, 6.45) is 0.881. The normalized spacial score (nSPS) is 12.0. The van der Waals surface area contributed by atoms with Crippen LogP contribution >= 0.6 is 0 Å². The van der Waals surface area contributed by atoms with Gasteiger partial charge in [-0.15, -0.1) is 0 Å². The third-order valence-corrected chi connectivity index (χ3v) is 3.94. The van der Waals surface area contributed by atoms with Gasteiger partial charge in [-0.2, -0.15) is 0 Å². The Morgan fingerprint density at radius 3 is 2.48 bits per heavy atom. The van der Waals surface area contributed by atoms with Crippen LogP contribution < -0.4 is 10.1 Å². The number of amides is 1. The summed E-state index contributed by atoms with van der Waals surface area (Å²) in [5.74, 6) is 1.15. The van der Waals surface area contributed by atoms with Gasteiger partial charge in [-0.05, 0) is 29.7 Å². The molecule has 0 aliphatic heterocycles. The van der Waals surface area contributed by atoms with Crippen molar-refractivity contribution in [2.75, 3.05) is 13.7 Å². The first kappa shape index (κ1) is 17.1. The summed E-state index contributed by atoms with van der Waals surface area (Å²) < 4.78 is 5.33. The second kappa shape index (κ2) is 8.37. The molecule has 0 saturated carbocycles. The van der Waals surface area contributed by atoms with Crippen molar-refractivity contribution in [1.29, 1.82) is 0 Å². The molecule has 0 fully saturated rings. The first-order valence-corrected chi connectivity index (χ1v) is 8.05. The summed E-state index contributed by atoms with van der Waals surface area (Å²) in [5, 5.41) is 3.06. The maximum Gasteiger partial charge on any atom is 0.222 e. The molecule has 0 bridgehead atoms. The van der Waals surface area contributed by atoms with Crippen LogP contribution in [0.25, 0.3) is 0 Å². The predicted octanol–water partition coefficient (Wildman–Crippen LogP) is 3.79. The van der Waals surface area contributed by atoms with Gasteiger partial charge in [-0.3, -0.25) is 4.79 Å². The monoisotopic (exact) mass is 311 g/mol. The molecule has 0 heterocycles. The van der Waals surface area contributed by atoms with Gasteiger partial charge < -0.3 is 10.1 Å². The number of nitrogens with one attached hydrogen (secondary N) is 1. The number of hydrogen-bond acceptors (Lipinski definition) is 2. The van der Waals surface area contributed by atoms with Crippen LogP contribution in [-0.2, 0) is 11.2 Å². The van der Waals surface area contributed by atoms with Crippen molar-refractivity contribution in [2.45, 2.75) is 26.2 Å². The van der Waals surface area contributed by atoms with E-state index in [-0.39, 0.29) is 17.7 Å². The summed E-state index contributed by atoms with van der Waals surface area (Å²) in [5.41, 5.74) is 2.44. The fourth-order valence-corrected chi connectivity index (χ4v) is 2.53. The lowest BCUT2D eigenvalue weighted by Crippen LogP contribution is -2.32. The lowest BCUT2D eigenvalue weighted by atomic mass is 9.91. The van der Waals surface area contributed by atoms with Gasteiger partial charge in [0, 0.05) is 18.4 Å². The Kier molecular flexibility index (Phi) is 6.21. The molecule has 1 amide bonds. The molecule has 0 spiro atoms. The van der Waals surface area contributed by atoms with Gasteiger partial charge in [0.25, 0.3) is 0 Å². The van der Waals surface area contributed by atoms with Crippen LogP contribution in [0.1, 0.15) is 30.9 Å². The summed E-state index contributed by atoms with van der Waals surface area (Å²) in [6, 6.07) is 18.4. The average molecular weight is 311 g/mol. The Morgan fingerprint density at radius 1 is 1.09 bits per heavy atom. The van der Waals surface area contributed by atoms with Crippen LogP contribution in [0.5, 0.6) is 5.75 Å². The molecule has 0 radical (unpaired) electrons. The second-order valence-corrected chi connectivity index (χ2v) is 6.06. The molecule has 3 heteroatoms. The maximum atomic E-state index is 11.9. The molecule has 0 saturated heterocycles. The SMILES string of the molecule is COc1cccc([C@@H](CNC(=O)C(C)C)Cc2ccccc2)c1. The zero-order chi connectivity index (χ0) is 16.7. The highest BCUT2D eigenvalue weighted by atomic mass is 16.5. The van der Waals surface area contributed by atoms with Gasteiger partial charge in [0.2, 0.25) is 5.91 Å². The number of benzene rings is 2. The van der Waals surface area contributed by atoms with E-state index in [0.717, 1.165) is 12.2 Å². The molecular formula is C20H25NO2. The molecule has 2 aromatic rings. The van der Waals surface area contributed by atoms with Gasteiger partial charge in [-0.1, -0.05) is 56.3 Å². The summed E-state index contributed by atoms with van der Waals surface area (Å²) in [6.45, 7) is 4.44. The molecule has 2 aromatic carbocycles. The number of rotatable bonds is 7. The molecule has 122 valence electrons. The highest BCUT2D eigenvalue weighted by Crippen LogP contribution is 2.24. The zero-order valence-electron chi connectivity index (χ0n) is 14.1. The van der Waals surface area contributed by atoms with E-state index in [1.165, 1.54) is 11.1 Å². The maximum absolute atomic E-state index is 11.9. The number of hydrogen-bond donors (Lipinski definition) is 1. The van der Waals surface area contributed by atoms with Gasteiger partial charge in [0.05, 0.1) is 7.11 Å². The van der Waals surface area contributed by atoms with Crippen molar-refractivity contribution >= 4 is 5.91 Å². The van der Waals surface area contributed by atoms with Crippen molar-refractivity contribution in [3.05, 3.63) is 65.7 Å². The Labute approximate surface area is 138 Å². The summed E-state index contributed by atoms with van der Waals surface area (Å²) >= 11 is 0. The van der Waals surface area contributed by atoms with E-state index in [0.29, 0.717) is 6.54 Å². The lowest BCUT2D eigenvalue weighted by Gasteiger charge is -2.20. The van der Waals surface area contributed by atoms with Crippen molar-refractivity contribution in [1.82, 2.24) is 5.32 Å². The quantitative estimate of drug-likeness (QED) is 0.845. The van der Waals surface area contributed by atoms with Gasteiger partial charge >= 0.3 is 0 Å². The van der Waals surface area contributed by atoms with Crippen LogP contribution in [0.15, 0.2) is 54.6 Å². The molecule has 2 rings (SSSR count). The molecule has 1 N–H and O–H groups in total. The van der Waals surface area contributed by atoms with E-state index in [1.54, 1.807) is 7.11 Å². The van der Waals surface area contributed by atoms with E-state index in [2.05, 4.69) is 29.6 Å². The van der Waals surface area contributed by atoms with Crippen molar-refractivity contribution in [3.8, 4) is 5.75 Å². The topological polar surface area (TPSA) is 38.3 Å². The third kappa shape index (κ3) is 5.13. The standard InChI is InChI=1S/C20H25NO2/c1-15(2)20(22)21-14-18(12-16-8-5-4-6-9-16)17-10-7-11-19(13-17)23-3/h4-11,13,15,18H,12,14H2,1-3H3,(H,21,22)/t18-/m1/s1. The van der Waals surface area contributed by atoms with Crippen LogP contribution in [-0.4, -0.2) is 19.6 Å². The minimum absolute atomic E-state index is 0.00214. The van der Waals surface area contributed by atoms with Crippen LogP contribution in [0.3, 0.4) is 0 Å². The number of methoxy groups -OCH3 is 1. The van der Waals surface area contributed by atoms with Gasteiger partial charge in [-0.25, -0.2) is 0 Å². The van der Waals surface area contributed by atoms with E-state index in [4.69, 9.17) is 4.74 Å². The van der Waals surface area contributed by atoms with Gasteiger partial charge in [0.15, 0.2) is 0 Å². The van der Waals surface area contributed by atoms with E-state index >= 15 is 0 Å². The van der Waals surface area contributed by atoms with Crippen LogP contribution in [0.2, 0.25) is 0 Å². The first-order chi connectivity index (χ1) is 11.1. The first-order valence-electron chi connectivity index (χ1n) is 8.05. The number of carbonyl (C=O) groups is 1. The van der Waals surface area contributed by atoms with Crippen molar-refractivity contribution < 1.29 is 9.53 Å². The second-order valence-electron chi connectivity index (χ2n) is 6.06. The molecule has 0 aliphatic carbocycles. The summed E-state index contributed by atoms with van der Waals surface area (Å²) in [4.78, 5) is 11.9. The molecule has 3 nitrogen and oxygen atoms in total. The Balaban J connectivity index is 2.17. The zero-order valence-corrected chi connectivity index (χ0v) is 14.1. The highest BCUT2D eigenvalue weighted by Gasteiger charge is 2.16. The number of carbonyl (C=O) groups excluding carboxylic acids is 1. The van der Waals surface area contributed by atoms with E-state index in [1.807, 2.05) is 44.2 Å². The van der Waals surface area contributed by atoms with E-state index in [9.17, 15) is 4.79 Å².